The number of hydrogen-bond donors (Lipinski definition) is 1. The maximum atomic E-state index is 5.89. The van der Waals surface area contributed by atoms with Gasteiger partial charge >= 0.3 is 0 Å². The molecule has 4 atom stereocenters. The average Bonchev–Trinajstić information content (AvgIpc) is 2.75. The van der Waals surface area contributed by atoms with Gasteiger partial charge in [0.25, 0.3) is 0 Å². The summed E-state index contributed by atoms with van der Waals surface area (Å²) >= 11 is 1.90. The van der Waals surface area contributed by atoms with E-state index in [1.165, 1.54) is 21.7 Å². The first-order valence-electron chi connectivity index (χ1n) is 7.86. The summed E-state index contributed by atoms with van der Waals surface area (Å²) in [4.78, 5) is 2.85. The van der Waals surface area contributed by atoms with Crippen LogP contribution in [0, 0.1) is 19.3 Å². The minimum Gasteiger partial charge on any atom is -0.378 e. The highest BCUT2D eigenvalue weighted by molar-refractivity contribution is 7.12. The van der Waals surface area contributed by atoms with Gasteiger partial charge in [-0.15, -0.1) is 11.3 Å². The van der Waals surface area contributed by atoms with Crippen molar-refractivity contribution in [3.63, 3.8) is 0 Å². The highest BCUT2D eigenvalue weighted by Gasteiger charge is 2.51. The number of ether oxygens (including phenoxy) is 1. The summed E-state index contributed by atoms with van der Waals surface area (Å²) in [6.07, 6.45) is 2.74. The van der Waals surface area contributed by atoms with Crippen molar-refractivity contribution in [2.24, 2.45) is 5.41 Å². The third kappa shape index (κ3) is 2.81. The van der Waals surface area contributed by atoms with Crippen molar-refractivity contribution in [2.75, 3.05) is 6.61 Å². The van der Waals surface area contributed by atoms with Gasteiger partial charge in [-0.2, -0.15) is 0 Å². The molecule has 0 spiro atoms. The van der Waals surface area contributed by atoms with E-state index < -0.39 is 0 Å². The zero-order chi connectivity index (χ0) is 14.9. The molecule has 3 heteroatoms. The van der Waals surface area contributed by atoms with Crippen LogP contribution in [-0.4, -0.2) is 18.8 Å². The Morgan fingerprint density at radius 3 is 2.65 bits per heavy atom. The van der Waals surface area contributed by atoms with Crippen LogP contribution < -0.4 is 5.32 Å². The summed E-state index contributed by atoms with van der Waals surface area (Å²) in [7, 11) is 0. The molecule has 114 valence electrons. The molecule has 2 rings (SSSR count). The number of nitrogens with one attached hydrogen (secondary N) is 1. The fraction of sp³-hybridized carbons (Fsp3) is 0.765. The maximum Gasteiger partial charge on any atom is 0.0658 e. The first-order chi connectivity index (χ1) is 9.42. The van der Waals surface area contributed by atoms with Crippen molar-refractivity contribution in [3.8, 4) is 0 Å². The predicted octanol–water partition coefficient (Wildman–Crippen LogP) is 4.61. The molecule has 0 bridgehead atoms. The maximum absolute atomic E-state index is 5.89. The summed E-state index contributed by atoms with van der Waals surface area (Å²) in [5.41, 5.74) is 1.74. The second-order valence-electron chi connectivity index (χ2n) is 6.35. The fourth-order valence-corrected chi connectivity index (χ4v) is 4.50. The van der Waals surface area contributed by atoms with Gasteiger partial charge in [0.05, 0.1) is 6.10 Å². The van der Waals surface area contributed by atoms with Crippen molar-refractivity contribution in [1.82, 2.24) is 5.32 Å². The Morgan fingerprint density at radius 2 is 2.15 bits per heavy atom. The van der Waals surface area contributed by atoms with Crippen LogP contribution in [0.4, 0.5) is 0 Å². The van der Waals surface area contributed by atoms with Gasteiger partial charge in [-0.05, 0) is 52.2 Å². The molecular formula is C17H29NOS. The van der Waals surface area contributed by atoms with Crippen LogP contribution in [0.2, 0.25) is 0 Å². The third-order valence-electron chi connectivity index (χ3n) is 5.11. The van der Waals surface area contributed by atoms with E-state index in [-0.39, 0.29) is 5.41 Å². The largest absolute Gasteiger partial charge is 0.378 e. The molecule has 0 aromatic carbocycles. The van der Waals surface area contributed by atoms with Crippen molar-refractivity contribution in [3.05, 3.63) is 21.4 Å². The van der Waals surface area contributed by atoms with Crippen LogP contribution in [0.15, 0.2) is 6.07 Å². The van der Waals surface area contributed by atoms with Crippen molar-refractivity contribution < 1.29 is 4.74 Å². The van der Waals surface area contributed by atoms with Crippen molar-refractivity contribution >= 4 is 11.3 Å². The lowest BCUT2D eigenvalue weighted by Gasteiger charge is -2.54. The normalized spacial score (nSPS) is 31.1. The molecule has 1 N–H and O–H groups in total. The summed E-state index contributed by atoms with van der Waals surface area (Å²) < 4.78 is 5.89. The predicted molar refractivity (Wildman–Crippen MR) is 87.6 cm³/mol. The molecule has 1 aromatic rings. The minimum absolute atomic E-state index is 0.281. The van der Waals surface area contributed by atoms with Gasteiger partial charge in [0.2, 0.25) is 0 Å². The van der Waals surface area contributed by atoms with E-state index in [0.29, 0.717) is 18.2 Å². The van der Waals surface area contributed by atoms with Gasteiger partial charge in [-0.1, -0.05) is 13.8 Å². The summed E-state index contributed by atoms with van der Waals surface area (Å²) in [6, 6.07) is 3.33. The smallest absolute Gasteiger partial charge is 0.0658 e. The third-order valence-corrected chi connectivity index (χ3v) is 6.09. The van der Waals surface area contributed by atoms with Crippen molar-refractivity contribution in [2.45, 2.75) is 72.6 Å². The van der Waals surface area contributed by atoms with E-state index in [1.54, 1.807) is 0 Å². The van der Waals surface area contributed by atoms with E-state index in [1.807, 2.05) is 11.3 Å². The average molecular weight is 295 g/mol. The number of aryl methyl sites for hydroxylation is 2. The molecule has 4 unspecified atom stereocenters. The van der Waals surface area contributed by atoms with Gasteiger partial charge in [-0.25, -0.2) is 0 Å². The second kappa shape index (κ2) is 6.17. The first kappa shape index (κ1) is 16.0. The second-order valence-corrected chi connectivity index (χ2v) is 7.81. The topological polar surface area (TPSA) is 21.3 Å². The van der Waals surface area contributed by atoms with E-state index in [9.17, 15) is 0 Å². The van der Waals surface area contributed by atoms with Crippen LogP contribution in [0.1, 0.15) is 61.9 Å². The van der Waals surface area contributed by atoms with E-state index in [0.717, 1.165) is 13.0 Å². The van der Waals surface area contributed by atoms with Gasteiger partial charge < -0.3 is 10.1 Å². The Balaban J connectivity index is 2.02. The van der Waals surface area contributed by atoms with Crippen LogP contribution in [0.25, 0.3) is 0 Å². The Kier molecular flexibility index (Phi) is 4.93. The number of thiophene rings is 1. The fourth-order valence-electron chi connectivity index (χ4n) is 3.48. The zero-order valence-electron chi connectivity index (χ0n) is 13.7. The SMILES string of the molecule is CCOC1CC(NC(C)c2cc(C)sc2C)C1(C)CC. The van der Waals surface area contributed by atoms with E-state index >= 15 is 0 Å². The molecule has 1 saturated carbocycles. The minimum atomic E-state index is 0.281. The molecule has 1 heterocycles. The molecule has 0 radical (unpaired) electrons. The molecule has 1 aliphatic rings. The number of hydrogen-bond acceptors (Lipinski definition) is 3. The molecule has 20 heavy (non-hydrogen) atoms. The highest BCUT2D eigenvalue weighted by Crippen LogP contribution is 2.46. The molecule has 0 aliphatic heterocycles. The Bertz CT molecular complexity index is 456. The zero-order valence-corrected chi connectivity index (χ0v) is 14.6. The lowest BCUT2D eigenvalue weighted by molar-refractivity contribution is -0.127. The lowest BCUT2D eigenvalue weighted by atomic mass is 9.61. The van der Waals surface area contributed by atoms with Crippen molar-refractivity contribution in [1.29, 1.82) is 0 Å². The molecule has 2 nitrogen and oxygen atoms in total. The first-order valence-corrected chi connectivity index (χ1v) is 8.68. The molecule has 1 fully saturated rings. The summed E-state index contributed by atoms with van der Waals surface area (Å²) in [5.74, 6) is 0. The Morgan fingerprint density at radius 1 is 1.45 bits per heavy atom. The Hall–Kier alpha value is -0.380. The van der Waals surface area contributed by atoms with E-state index in [4.69, 9.17) is 4.74 Å². The van der Waals surface area contributed by atoms with Crippen LogP contribution in [0.3, 0.4) is 0 Å². The van der Waals surface area contributed by atoms with Gasteiger partial charge in [0, 0.05) is 33.9 Å². The quantitative estimate of drug-likeness (QED) is 0.827. The van der Waals surface area contributed by atoms with Gasteiger partial charge in [0.1, 0.15) is 0 Å². The summed E-state index contributed by atoms with van der Waals surface area (Å²) in [6.45, 7) is 14.3. The Labute approximate surface area is 127 Å². The van der Waals surface area contributed by atoms with Crippen LogP contribution in [0.5, 0.6) is 0 Å². The van der Waals surface area contributed by atoms with Crippen LogP contribution in [-0.2, 0) is 4.74 Å². The molecule has 0 amide bonds. The standard InChI is InChI=1S/C17H29NOS/c1-7-17(6)15(10-16(17)19-8-2)18-12(4)14-9-11(3)20-13(14)5/h9,12,15-16,18H,7-8,10H2,1-6H3. The lowest BCUT2D eigenvalue weighted by Crippen LogP contribution is -2.62. The molecule has 1 aliphatic carbocycles. The highest BCUT2D eigenvalue weighted by atomic mass is 32.1. The van der Waals surface area contributed by atoms with Crippen LogP contribution >= 0.6 is 11.3 Å². The number of rotatable bonds is 6. The summed E-state index contributed by atoms with van der Waals surface area (Å²) in [5, 5.41) is 3.84. The van der Waals surface area contributed by atoms with E-state index in [2.05, 4.69) is 52.9 Å². The molecular weight excluding hydrogens is 266 g/mol. The van der Waals surface area contributed by atoms with Gasteiger partial charge in [0.15, 0.2) is 0 Å². The van der Waals surface area contributed by atoms with Gasteiger partial charge in [-0.3, -0.25) is 0 Å². The monoisotopic (exact) mass is 295 g/mol. The molecule has 1 aromatic heterocycles. The molecule has 0 saturated heterocycles.